The number of hydrogen-bond donors (Lipinski definition) is 2. The van der Waals surface area contributed by atoms with Gasteiger partial charge in [0.2, 0.25) is 0 Å². The van der Waals surface area contributed by atoms with Crippen molar-refractivity contribution >= 4 is 11.5 Å². The zero-order valence-corrected chi connectivity index (χ0v) is 11.0. The second-order valence-electron chi connectivity index (χ2n) is 4.73. The average Bonchev–Trinajstić information content (AvgIpc) is 2.93. The molecular weight excluding hydrogens is 280 g/mol. The molecule has 0 radical (unpaired) electrons. The van der Waals surface area contributed by atoms with Gasteiger partial charge in [0, 0.05) is 31.0 Å². The van der Waals surface area contributed by atoms with Crippen LogP contribution in [-0.4, -0.2) is 27.1 Å². The SMILES string of the molecule is N/C(=N/O)c1cc(F)c(N2CCn3ccnc3C2)c(F)c1. The Morgan fingerprint density at radius 2 is 2.00 bits per heavy atom. The number of anilines is 1. The molecule has 0 spiro atoms. The Hall–Kier alpha value is -2.64. The van der Waals surface area contributed by atoms with E-state index in [-0.39, 0.29) is 17.1 Å². The molecule has 8 heteroatoms. The van der Waals surface area contributed by atoms with Gasteiger partial charge in [0.1, 0.15) is 23.1 Å². The molecule has 0 saturated carbocycles. The van der Waals surface area contributed by atoms with Gasteiger partial charge in [-0.1, -0.05) is 5.16 Å². The minimum atomic E-state index is -0.753. The maximum absolute atomic E-state index is 14.2. The Balaban J connectivity index is 1.97. The number of halogens is 2. The summed E-state index contributed by atoms with van der Waals surface area (Å²) >= 11 is 0. The van der Waals surface area contributed by atoms with Gasteiger partial charge < -0.3 is 20.4 Å². The highest BCUT2D eigenvalue weighted by atomic mass is 19.1. The molecule has 3 rings (SSSR count). The fourth-order valence-electron chi connectivity index (χ4n) is 2.44. The number of nitrogens with zero attached hydrogens (tertiary/aromatic N) is 4. The summed E-state index contributed by atoms with van der Waals surface area (Å²) in [7, 11) is 0. The number of amidine groups is 1. The Morgan fingerprint density at radius 1 is 1.29 bits per heavy atom. The molecule has 0 unspecified atom stereocenters. The van der Waals surface area contributed by atoms with E-state index in [1.165, 1.54) is 0 Å². The van der Waals surface area contributed by atoms with Gasteiger partial charge in [-0.05, 0) is 12.1 Å². The van der Waals surface area contributed by atoms with E-state index in [0.717, 1.165) is 18.0 Å². The van der Waals surface area contributed by atoms with E-state index in [9.17, 15) is 8.78 Å². The standard InChI is InChI=1S/C13H13F2N5O/c14-9-5-8(13(16)18-21)6-10(15)12(9)20-4-3-19-2-1-17-11(19)7-20/h1-2,5-6,21H,3-4,7H2,(H2,16,18). The number of nitrogens with two attached hydrogens (primary N) is 1. The predicted molar refractivity (Wildman–Crippen MR) is 72.1 cm³/mol. The van der Waals surface area contributed by atoms with Crippen LogP contribution >= 0.6 is 0 Å². The Morgan fingerprint density at radius 3 is 2.67 bits per heavy atom. The Kier molecular flexibility index (Phi) is 3.20. The highest BCUT2D eigenvalue weighted by Crippen LogP contribution is 2.28. The normalized spacial score (nSPS) is 15.1. The monoisotopic (exact) mass is 293 g/mol. The molecular formula is C13H13F2N5O. The third kappa shape index (κ3) is 2.28. The van der Waals surface area contributed by atoms with Crippen LogP contribution in [0.2, 0.25) is 0 Å². The van der Waals surface area contributed by atoms with E-state index in [1.807, 2.05) is 10.8 Å². The molecule has 2 aromatic rings. The number of oxime groups is 1. The van der Waals surface area contributed by atoms with Crippen molar-refractivity contribution in [2.75, 3.05) is 11.4 Å². The van der Waals surface area contributed by atoms with Crippen LogP contribution in [0.1, 0.15) is 11.4 Å². The summed E-state index contributed by atoms with van der Waals surface area (Å²) < 4.78 is 30.3. The number of aromatic nitrogens is 2. The van der Waals surface area contributed by atoms with E-state index in [1.54, 1.807) is 11.1 Å². The maximum atomic E-state index is 14.2. The van der Waals surface area contributed by atoms with E-state index < -0.39 is 11.6 Å². The average molecular weight is 293 g/mol. The molecule has 0 saturated heterocycles. The summed E-state index contributed by atoms with van der Waals surface area (Å²) in [5.74, 6) is -1.10. The zero-order valence-electron chi connectivity index (χ0n) is 11.0. The molecule has 6 nitrogen and oxygen atoms in total. The molecule has 110 valence electrons. The van der Waals surface area contributed by atoms with Gasteiger partial charge in [-0.25, -0.2) is 13.8 Å². The predicted octanol–water partition coefficient (Wildman–Crippen LogP) is 1.28. The van der Waals surface area contributed by atoms with Crippen molar-refractivity contribution in [3.05, 3.63) is 47.5 Å². The molecule has 21 heavy (non-hydrogen) atoms. The first-order valence-electron chi connectivity index (χ1n) is 6.32. The summed E-state index contributed by atoms with van der Waals surface area (Å²) in [6.45, 7) is 1.40. The molecule has 0 bridgehead atoms. The van der Waals surface area contributed by atoms with Crippen LogP contribution in [0.5, 0.6) is 0 Å². The van der Waals surface area contributed by atoms with Gasteiger partial charge in [0.15, 0.2) is 5.84 Å². The van der Waals surface area contributed by atoms with Crippen molar-refractivity contribution in [1.82, 2.24) is 9.55 Å². The van der Waals surface area contributed by atoms with Crippen molar-refractivity contribution in [3.63, 3.8) is 0 Å². The molecule has 0 fully saturated rings. The van der Waals surface area contributed by atoms with Crippen LogP contribution in [0.3, 0.4) is 0 Å². The number of benzene rings is 1. The van der Waals surface area contributed by atoms with Gasteiger partial charge in [0.25, 0.3) is 0 Å². The molecule has 0 amide bonds. The van der Waals surface area contributed by atoms with Crippen LogP contribution in [-0.2, 0) is 13.1 Å². The molecule has 1 aliphatic heterocycles. The first-order valence-corrected chi connectivity index (χ1v) is 6.32. The smallest absolute Gasteiger partial charge is 0.170 e. The van der Waals surface area contributed by atoms with E-state index in [2.05, 4.69) is 10.1 Å². The second kappa shape index (κ2) is 5.04. The van der Waals surface area contributed by atoms with Crippen LogP contribution in [0.4, 0.5) is 14.5 Å². The van der Waals surface area contributed by atoms with Crippen molar-refractivity contribution in [2.24, 2.45) is 10.9 Å². The van der Waals surface area contributed by atoms with Crippen molar-refractivity contribution in [3.8, 4) is 0 Å². The van der Waals surface area contributed by atoms with E-state index >= 15 is 0 Å². The lowest BCUT2D eigenvalue weighted by atomic mass is 10.1. The number of imidazole rings is 1. The Bertz CT molecular complexity index is 689. The number of rotatable bonds is 2. The summed E-state index contributed by atoms with van der Waals surface area (Å²) in [4.78, 5) is 5.74. The summed E-state index contributed by atoms with van der Waals surface area (Å²) in [6.07, 6.45) is 3.49. The van der Waals surface area contributed by atoms with Crippen LogP contribution in [0.15, 0.2) is 29.7 Å². The number of fused-ring (bicyclic) bond motifs is 1. The minimum Gasteiger partial charge on any atom is -0.409 e. The lowest BCUT2D eigenvalue weighted by Gasteiger charge is -2.30. The first kappa shape index (κ1) is 13.3. The van der Waals surface area contributed by atoms with Crippen LogP contribution in [0.25, 0.3) is 0 Å². The maximum Gasteiger partial charge on any atom is 0.170 e. The quantitative estimate of drug-likeness (QED) is 0.378. The third-order valence-corrected chi connectivity index (χ3v) is 3.48. The summed E-state index contributed by atoms with van der Waals surface area (Å²) in [5, 5.41) is 11.3. The summed E-state index contributed by atoms with van der Waals surface area (Å²) in [6, 6.07) is 2.10. The van der Waals surface area contributed by atoms with Crippen molar-refractivity contribution in [1.29, 1.82) is 0 Å². The third-order valence-electron chi connectivity index (χ3n) is 3.48. The van der Waals surface area contributed by atoms with Gasteiger partial charge in [-0.15, -0.1) is 0 Å². The number of hydrogen-bond acceptors (Lipinski definition) is 4. The van der Waals surface area contributed by atoms with E-state index in [4.69, 9.17) is 10.9 Å². The van der Waals surface area contributed by atoms with Crippen LogP contribution in [0, 0.1) is 11.6 Å². The largest absolute Gasteiger partial charge is 0.409 e. The molecule has 1 aromatic heterocycles. The van der Waals surface area contributed by atoms with Crippen molar-refractivity contribution in [2.45, 2.75) is 13.1 Å². The van der Waals surface area contributed by atoms with Gasteiger partial charge >= 0.3 is 0 Å². The molecule has 1 aliphatic rings. The Labute approximate surface area is 119 Å². The highest BCUT2D eigenvalue weighted by molar-refractivity contribution is 5.97. The fraction of sp³-hybridized carbons (Fsp3) is 0.231. The van der Waals surface area contributed by atoms with Gasteiger partial charge in [-0.3, -0.25) is 0 Å². The van der Waals surface area contributed by atoms with Gasteiger partial charge in [-0.2, -0.15) is 0 Å². The van der Waals surface area contributed by atoms with Crippen molar-refractivity contribution < 1.29 is 14.0 Å². The zero-order chi connectivity index (χ0) is 15.0. The fourth-order valence-corrected chi connectivity index (χ4v) is 2.44. The minimum absolute atomic E-state index is 0.00485. The molecule has 2 heterocycles. The lowest BCUT2D eigenvalue weighted by Crippen LogP contribution is -2.35. The van der Waals surface area contributed by atoms with Gasteiger partial charge in [0.05, 0.1) is 6.54 Å². The highest BCUT2D eigenvalue weighted by Gasteiger charge is 2.23. The molecule has 1 aromatic carbocycles. The van der Waals surface area contributed by atoms with E-state index in [0.29, 0.717) is 19.6 Å². The molecule has 0 aliphatic carbocycles. The summed E-state index contributed by atoms with van der Waals surface area (Å²) in [5.41, 5.74) is 5.22. The first-order chi connectivity index (χ1) is 10.1. The second-order valence-corrected chi connectivity index (χ2v) is 4.73. The molecule has 0 atom stereocenters. The van der Waals surface area contributed by atoms with Crippen LogP contribution < -0.4 is 10.6 Å². The topological polar surface area (TPSA) is 79.7 Å². The molecule has 3 N–H and O–H groups in total. The lowest BCUT2D eigenvalue weighted by molar-refractivity contribution is 0.318.